The van der Waals surface area contributed by atoms with Crippen molar-refractivity contribution >= 4 is 21.8 Å². The van der Waals surface area contributed by atoms with Gasteiger partial charge in [-0.05, 0) is 53.9 Å². The van der Waals surface area contributed by atoms with Crippen molar-refractivity contribution in [3.05, 3.63) is 48.5 Å². The first-order valence-corrected chi connectivity index (χ1v) is 7.21. The van der Waals surface area contributed by atoms with Crippen molar-refractivity contribution in [2.45, 2.75) is 16.2 Å². The Morgan fingerprint density at radius 3 is 1.65 bits per heavy atom. The molecule has 2 aromatic carbocycles. The highest BCUT2D eigenvalue weighted by molar-refractivity contribution is 8.15. The molecule has 5 heteroatoms. The van der Waals surface area contributed by atoms with Gasteiger partial charge in [-0.15, -0.1) is 10.5 Å². The molecule has 3 N–H and O–H groups in total. The van der Waals surface area contributed by atoms with E-state index in [9.17, 15) is 15.0 Å². The summed E-state index contributed by atoms with van der Waals surface area (Å²) in [7, 11) is -0.516. The summed E-state index contributed by atoms with van der Waals surface area (Å²) in [4.78, 5) is 12.6. The average Bonchev–Trinajstić information content (AvgIpc) is 2.42. The van der Waals surface area contributed by atoms with Crippen molar-refractivity contribution in [3.63, 3.8) is 0 Å². The van der Waals surface area contributed by atoms with Crippen LogP contribution in [-0.2, 0) is 4.79 Å². The van der Waals surface area contributed by atoms with Crippen LogP contribution in [0, 0.1) is 0 Å². The Kier molecular flexibility index (Phi) is 4.42. The molecule has 0 aliphatic rings. The lowest BCUT2D eigenvalue weighted by molar-refractivity contribution is -0.135. The molecule has 20 heavy (non-hydrogen) atoms. The Bertz CT molecular complexity index is 582. The number of hydrogen-bond donors (Lipinski definition) is 3. The second-order valence-electron chi connectivity index (χ2n) is 4.09. The van der Waals surface area contributed by atoms with E-state index in [-0.39, 0.29) is 17.9 Å². The lowest BCUT2D eigenvalue weighted by Gasteiger charge is -2.10. The number of carboxylic acid groups (broad SMARTS) is 1. The minimum Gasteiger partial charge on any atom is -0.508 e. The third-order valence-corrected chi connectivity index (χ3v) is 4.67. The summed E-state index contributed by atoms with van der Waals surface area (Å²) >= 11 is 0. The van der Waals surface area contributed by atoms with Crippen LogP contribution in [0.3, 0.4) is 0 Å². The summed E-state index contributed by atoms with van der Waals surface area (Å²) < 4.78 is 0. The topological polar surface area (TPSA) is 77.8 Å². The van der Waals surface area contributed by atoms with E-state index in [0.29, 0.717) is 0 Å². The van der Waals surface area contributed by atoms with Crippen LogP contribution in [0.15, 0.2) is 58.3 Å². The molecule has 104 valence electrons. The fraction of sp³-hybridized carbons (Fsp3) is 0.0667. The van der Waals surface area contributed by atoms with Crippen LogP contribution in [-0.4, -0.2) is 26.7 Å². The van der Waals surface area contributed by atoms with Crippen LogP contribution in [0.5, 0.6) is 11.5 Å². The molecule has 0 fully saturated rings. The van der Waals surface area contributed by atoms with Crippen LogP contribution in [0.1, 0.15) is 6.42 Å². The van der Waals surface area contributed by atoms with Crippen molar-refractivity contribution < 1.29 is 20.1 Å². The number of aromatic hydroxyl groups is 2. The van der Waals surface area contributed by atoms with Crippen molar-refractivity contribution in [3.8, 4) is 11.5 Å². The Labute approximate surface area is 118 Å². The van der Waals surface area contributed by atoms with Gasteiger partial charge < -0.3 is 15.3 Å². The molecule has 0 aliphatic carbocycles. The third kappa shape index (κ3) is 3.61. The first-order valence-electron chi connectivity index (χ1n) is 5.92. The highest BCUT2D eigenvalue weighted by atomic mass is 32.2. The monoisotopic (exact) mass is 290 g/mol. The second-order valence-corrected chi connectivity index (χ2v) is 6.04. The van der Waals surface area contributed by atoms with Crippen molar-refractivity contribution in [2.75, 3.05) is 0 Å². The molecule has 0 saturated heterocycles. The molecule has 4 nitrogen and oxygen atoms in total. The number of carboxylic acids is 1. The number of carbonyl (C=O) groups is 1. The molecule has 2 aromatic rings. The van der Waals surface area contributed by atoms with Crippen molar-refractivity contribution in [2.24, 2.45) is 0 Å². The summed E-state index contributed by atoms with van der Waals surface area (Å²) in [6, 6.07) is 13.4. The maximum Gasteiger partial charge on any atom is 0.307 e. The smallest absolute Gasteiger partial charge is 0.307 e. The molecule has 0 aromatic heterocycles. The Balaban J connectivity index is 2.44. The number of rotatable bonds is 4. The fourth-order valence-electron chi connectivity index (χ4n) is 1.67. The Hall–Kier alpha value is -2.27. The number of phenolic OH excluding ortho intramolecular Hbond substituents is 2. The summed E-state index contributed by atoms with van der Waals surface area (Å²) in [6.07, 6.45) is -0.0507. The molecule has 0 heterocycles. The van der Waals surface area contributed by atoms with Gasteiger partial charge in [-0.1, -0.05) is 0 Å². The summed E-state index contributed by atoms with van der Waals surface area (Å²) in [5, 5.41) is 29.2. The first-order chi connectivity index (χ1) is 9.56. The van der Waals surface area contributed by atoms with E-state index in [1.165, 1.54) is 0 Å². The average molecular weight is 290 g/mol. The van der Waals surface area contributed by atoms with Gasteiger partial charge in [-0.25, -0.2) is 0 Å². The van der Waals surface area contributed by atoms with Gasteiger partial charge in [0.05, 0.1) is 6.42 Å². The summed E-state index contributed by atoms with van der Waals surface area (Å²) in [6.45, 7) is 0. The normalized spacial score (nSPS) is 10.4. The zero-order valence-electron chi connectivity index (χ0n) is 10.6. The SMILES string of the molecule is O=C(O)CC=S(c1ccc(O)cc1)c1ccc(O)cc1. The van der Waals surface area contributed by atoms with Gasteiger partial charge in [0.15, 0.2) is 0 Å². The minimum absolute atomic E-state index is 0.0507. The molecule has 0 unspecified atom stereocenters. The van der Waals surface area contributed by atoms with Crippen LogP contribution in [0.25, 0.3) is 0 Å². The van der Waals surface area contributed by atoms with E-state index in [2.05, 4.69) is 0 Å². The van der Waals surface area contributed by atoms with E-state index in [1.54, 1.807) is 53.9 Å². The van der Waals surface area contributed by atoms with Crippen LogP contribution >= 0.6 is 10.5 Å². The number of benzene rings is 2. The lowest BCUT2D eigenvalue weighted by Crippen LogP contribution is -1.95. The maximum atomic E-state index is 10.8. The van der Waals surface area contributed by atoms with Gasteiger partial charge in [0.25, 0.3) is 0 Å². The highest BCUT2D eigenvalue weighted by Gasteiger charge is 2.05. The fourth-order valence-corrected chi connectivity index (χ4v) is 3.49. The Morgan fingerprint density at radius 2 is 1.30 bits per heavy atom. The van der Waals surface area contributed by atoms with Gasteiger partial charge in [0, 0.05) is 9.79 Å². The van der Waals surface area contributed by atoms with E-state index in [1.807, 2.05) is 0 Å². The largest absolute Gasteiger partial charge is 0.508 e. The van der Waals surface area contributed by atoms with Gasteiger partial charge in [-0.3, -0.25) is 4.79 Å². The summed E-state index contributed by atoms with van der Waals surface area (Å²) in [5.74, 6) is -0.553. The second kappa shape index (κ2) is 6.25. The first kappa shape index (κ1) is 14.1. The Morgan fingerprint density at radius 1 is 0.900 bits per heavy atom. The van der Waals surface area contributed by atoms with Crippen molar-refractivity contribution in [1.82, 2.24) is 0 Å². The van der Waals surface area contributed by atoms with Crippen molar-refractivity contribution in [1.29, 1.82) is 0 Å². The van der Waals surface area contributed by atoms with E-state index in [4.69, 9.17) is 5.11 Å². The van der Waals surface area contributed by atoms with Gasteiger partial charge >= 0.3 is 5.97 Å². The molecule has 0 aliphatic heterocycles. The van der Waals surface area contributed by atoms with Crippen LogP contribution in [0.2, 0.25) is 0 Å². The zero-order chi connectivity index (χ0) is 14.5. The molecule has 0 saturated carbocycles. The molecule has 0 spiro atoms. The van der Waals surface area contributed by atoms with E-state index < -0.39 is 16.5 Å². The minimum atomic E-state index is -0.889. The maximum absolute atomic E-state index is 10.8. The molecular formula is C15H14O4S. The van der Waals surface area contributed by atoms with Crippen LogP contribution in [0.4, 0.5) is 0 Å². The van der Waals surface area contributed by atoms with E-state index >= 15 is 0 Å². The predicted molar refractivity (Wildman–Crippen MR) is 78.7 cm³/mol. The standard InChI is InChI=1S/C15H14O4S/c16-11-1-5-13(6-2-11)20(10-9-15(18)19)14-7-3-12(17)4-8-14/h1-8,10,16-17H,9H2,(H,18,19). The van der Waals surface area contributed by atoms with E-state index in [0.717, 1.165) is 9.79 Å². The number of hydrogen-bond acceptors (Lipinski definition) is 3. The third-order valence-electron chi connectivity index (χ3n) is 2.61. The molecule has 0 bridgehead atoms. The number of aliphatic carboxylic acids is 1. The lowest BCUT2D eigenvalue weighted by atomic mass is 10.3. The predicted octanol–water partition coefficient (Wildman–Crippen LogP) is 3.06. The van der Waals surface area contributed by atoms with Gasteiger partial charge in [0.2, 0.25) is 0 Å². The molecular weight excluding hydrogens is 276 g/mol. The summed E-state index contributed by atoms with van der Waals surface area (Å²) in [5.41, 5.74) is 0. The molecule has 0 radical (unpaired) electrons. The number of phenols is 2. The zero-order valence-corrected chi connectivity index (χ0v) is 11.4. The van der Waals surface area contributed by atoms with Gasteiger partial charge in [0.1, 0.15) is 11.5 Å². The quantitative estimate of drug-likeness (QED) is 0.756. The molecule has 0 atom stereocenters. The van der Waals surface area contributed by atoms with Gasteiger partial charge in [-0.2, -0.15) is 0 Å². The van der Waals surface area contributed by atoms with Crippen LogP contribution < -0.4 is 0 Å². The highest BCUT2D eigenvalue weighted by Crippen LogP contribution is 2.36. The molecule has 0 amide bonds. The molecule has 2 rings (SSSR count).